The van der Waals surface area contributed by atoms with E-state index in [2.05, 4.69) is 9.98 Å². The Labute approximate surface area is 107 Å². The Morgan fingerprint density at radius 2 is 1.89 bits per heavy atom. The number of pyridine rings is 1. The van der Waals surface area contributed by atoms with Crippen LogP contribution in [0.5, 0.6) is 0 Å². The number of rotatable bonds is 3. The standard InChI is InChI=1S/C12H19N5O/c1-16(2)12(17(3)4)15-8-9-5-6-10(11(13)18)14-7-9/h5-7H,8H2,1-4H3,(H2,13,18). The molecule has 0 aromatic carbocycles. The fraction of sp³-hybridized carbons (Fsp3) is 0.417. The van der Waals surface area contributed by atoms with Crippen molar-refractivity contribution in [2.45, 2.75) is 6.54 Å². The molecule has 0 radical (unpaired) electrons. The van der Waals surface area contributed by atoms with Gasteiger partial charge in [-0.2, -0.15) is 0 Å². The Morgan fingerprint density at radius 1 is 1.28 bits per heavy atom. The van der Waals surface area contributed by atoms with E-state index in [1.807, 2.05) is 38.0 Å². The molecule has 1 aromatic rings. The van der Waals surface area contributed by atoms with Crippen molar-refractivity contribution in [1.29, 1.82) is 0 Å². The van der Waals surface area contributed by atoms with Crippen LogP contribution in [0, 0.1) is 0 Å². The van der Waals surface area contributed by atoms with Crippen LogP contribution >= 0.6 is 0 Å². The molecule has 1 heterocycles. The number of nitrogens with two attached hydrogens (primary N) is 1. The molecule has 0 spiro atoms. The third kappa shape index (κ3) is 3.73. The number of carbonyl (C=O) groups is 1. The third-order valence-corrected chi connectivity index (χ3v) is 2.28. The second-order valence-electron chi connectivity index (χ2n) is 4.32. The summed E-state index contributed by atoms with van der Waals surface area (Å²) in [4.78, 5) is 23.2. The summed E-state index contributed by atoms with van der Waals surface area (Å²) in [5, 5.41) is 0. The van der Waals surface area contributed by atoms with E-state index >= 15 is 0 Å². The van der Waals surface area contributed by atoms with Crippen LogP contribution in [0.15, 0.2) is 23.3 Å². The third-order valence-electron chi connectivity index (χ3n) is 2.28. The highest BCUT2D eigenvalue weighted by Gasteiger charge is 2.05. The van der Waals surface area contributed by atoms with Crippen LogP contribution in [-0.2, 0) is 6.54 Å². The number of amides is 1. The Bertz CT molecular complexity index is 426. The molecule has 0 atom stereocenters. The maximum Gasteiger partial charge on any atom is 0.267 e. The predicted octanol–water partition coefficient (Wildman–Crippen LogP) is 0.160. The zero-order valence-electron chi connectivity index (χ0n) is 11.2. The van der Waals surface area contributed by atoms with E-state index in [1.165, 1.54) is 0 Å². The van der Waals surface area contributed by atoms with Crippen LogP contribution in [0.25, 0.3) is 0 Å². The number of nitrogens with zero attached hydrogens (tertiary/aromatic N) is 4. The zero-order chi connectivity index (χ0) is 13.7. The van der Waals surface area contributed by atoms with E-state index in [-0.39, 0.29) is 5.69 Å². The molecular weight excluding hydrogens is 230 g/mol. The summed E-state index contributed by atoms with van der Waals surface area (Å²) in [6.45, 7) is 0.512. The molecule has 0 saturated carbocycles. The second-order valence-corrected chi connectivity index (χ2v) is 4.32. The minimum atomic E-state index is -0.521. The van der Waals surface area contributed by atoms with E-state index in [9.17, 15) is 4.79 Å². The molecule has 0 unspecified atom stereocenters. The number of aliphatic imine (C=N–C) groups is 1. The van der Waals surface area contributed by atoms with Crippen molar-refractivity contribution < 1.29 is 4.79 Å². The molecule has 6 heteroatoms. The van der Waals surface area contributed by atoms with Gasteiger partial charge >= 0.3 is 0 Å². The van der Waals surface area contributed by atoms with Crippen LogP contribution < -0.4 is 5.73 Å². The summed E-state index contributed by atoms with van der Waals surface area (Å²) >= 11 is 0. The molecular formula is C12H19N5O. The molecule has 2 N–H and O–H groups in total. The molecule has 0 aliphatic rings. The van der Waals surface area contributed by atoms with Crippen molar-refractivity contribution >= 4 is 11.9 Å². The minimum Gasteiger partial charge on any atom is -0.364 e. The number of hydrogen-bond donors (Lipinski definition) is 1. The van der Waals surface area contributed by atoms with Crippen LogP contribution in [-0.4, -0.2) is 54.8 Å². The van der Waals surface area contributed by atoms with E-state index in [0.29, 0.717) is 6.54 Å². The van der Waals surface area contributed by atoms with Gasteiger partial charge < -0.3 is 15.5 Å². The molecule has 1 rings (SSSR count). The normalized spacial score (nSPS) is 9.78. The fourth-order valence-corrected chi connectivity index (χ4v) is 1.51. The summed E-state index contributed by atoms with van der Waals surface area (Å²) in [5.41, 5.74) is 6.32. The molecule has 6 nitrogen and oxygen atoms in total. The minimum absolute atomic E-state index is 0.267. The first-order valence-electron chi connectivity index (χ1n) is 5.55. The molecule has 1 amide bonds. The van der Waals surface area contributed by atoms with Gasteiger partial charge in [0.2, 0.25) is 0 Å². The highest BCUT2D eigenvalue weighted by atomic mass is 16.1. The van der Waals surface area contributed by atoms with Gasteiger partial charge in [-0.15, -0.1) is 0 Å². The average Bonchev–Trinajstić information content (AvgIpc) is 2.28. The fourth-order valence-electron chi connectivity index (χ4n) is 1.51. The van der Waals surface area contributed by atoms with Gasteiger partial charge in [0.05, 0.1) is 6.54 Å². The number of guanidine groups is 1. The lowest BCUT2D eigenvalue weighted by Crippen LogP contribution is -2.35. The topological polar surface area (TPSA) is 74.8 Å². The van der Waals surface area contributed by atoms with Crippen molar-refractivity contribution in [2.75, 3.05) is 28.2 Å². The molecule has 0 saturated heterocycles. The van der Waals surface area contributed by atoms with Gasteiger partial charge in [-0.25, -0.2) is 4.99 Å². The Kier molecular flexibility index (Phi) is 4.65. The molecule has 18 heavy (non-hydrogen) atoms. The summed E-state index contributed by atoms with van der Waals surface area (Å²) in [5.74, 6) is 0.348. The average molecular weight is 249 g/mol. The maximum atomic E-state index is 10.9. The Hall–Kier alpha value is -2.11. The number of primary amides is 1. The molecule has 0 aliphatic carbocycles. The monoisotopic (exact) mass is 249 g/mol. The van der Waals surface area contributed by atoms with Crippen molar-refractivity contribution in [2.24, 2.45) is 10.7 Å². The molecule has 0 fully saturated rings. The lowest BCUT2D eigenvalue weighted by molar-refractivity contribution is 0.0995. The van der Waals surface area contributed by atoms with Crippen molar-refractivity contribution in [3.05, 3.63) is 29.6 Å². The largest absolute Gasteiger partial charge is 0.364 e. The maximum absolute atomic E-state index is 10.9. The lowest BCUT2D eigenvalue weighted by atomic mass is 10.2. The van der Waals surface area contributed by atoms with Crippen molar-refractivity contribution in [1.82, 2.24) is 14.8 Å². The van der Waals surface area contributed by atoms with Gasteiger partial charge in [0.25, 0.3) is 5.91 Å². The summed E-state index contributed by atoms with van der Waals surface area (Å²) in [7, 11) is 7.75. The SMILES string of the molecule is CN(C)C(=NCc1ccc(C(N)=O)nc1)N(C)C. The number of aromatic nitrogens is 1. The quantitative estimate of drug-likeness (QED) is 0.611. The van der Waals surface area contributed by atoms with E-state index in [4.69, 9.17) is 5.73 Å². The highest BCUT2D eigenvalue weighted by molar-refractivity contribution is 5.90. The molecule has 0 aliphatic heterocycles. The van der Waals surface area contributed by atoms with E-state index < -0.39 is 5.91 Å². The molecule has 1 aromatic heterocycles. The van der Waals surface area contributed by atoms with Gasteiger partial charge in [-0.05, 0) is 11.6 Å². The Balaban J connectivity index is 2.78. The molecule has 0 bridgehead atoms. The van der Waals surface area contributed by atoms with Gasteiger partial charge in [0.1, 0.15) is 5.69 Å². The van der Waals surface area contributed by atoms with Crippen molar-refractivity contribution in [3.8, 4) is 0 Å². The van der Waals surface area contributed by atoms with Gasteiger partial charge in [0, 0.05) is 34.4 Å². The van der Waals surface area contributed by atoms with Crippen LogP contribution in [0.2, 0.25) is 0 Å². The highest BCUT2D eigenvalue weighted by Crippen LogP contribution is 2.03. The van der Waals surface area contributed by atoms with E-state index in [0.717, 1.165) is 11.5 Å². The van der Waals surface area contributed by atoms with Gasteiger partial charge in [-0.3, -0.25) is 9.78 Å². The predicted molar refractivity (Wildman–Crippen MR) is 71.3 cm³/mol. The lowest BCUT2D eigenvalue weighted by Gasteiger charge is -2.22. The second kappa shape index (κ2) is 6.00. The summed E-state index contributed by atoms with van der Waals surface area (Å²) in [6, 6.07) is 3.41. The van der Waals surface area contributed by atoms with Gasteiger partial charge in [0.15, 0.2) is 5.96 Å². The first-order chi connectivity index (χ1) is 8.41. The van der Waals surface area contributed by atoms with Crippen molar-refractivity contribution in [3.63, 3.8) is 0 Å². The summed E-state index contributed by atoms with van der Waals surface area (Å²) < 4.78 is 0. The number of hydrogen-bond acceptors (Lipinski definition) is 3. The summed E-state index contributed by atoms with van der Waals surface area (Å²) in [6.07, 6.45) is 1.62. The zero-order valence-corrected chi connectivity index (χ0v) is 11.2. The smallest absolute Gasteiger partial charge is 0.267 e. The van der Waals surface area contributed by atoms with Gasteiger partial charge in [-0.1, -0.05) is 6.07 Å². The number of carbonyl (C=O) groups excluding carboxylic acids is 1. The van der Waals surface area contributed by atoms with Crippen LogP contribution in [0.3, 0.4) is 0 Å². The first kappa shape index (κ1) is 14.0. The molecule has 98 valence electrons. The van der Waals surface area contributed by atoms with Crippen LogP contribution in [0.1, 0.15) is 16.1 Å². The van der Waals surface area contributed by atoms with E-state index in [1.54, 1.807) is 18.3 Å². The first-order valence-corrected chi connectivity index (χ1v) is 5.55. The van der Waals surface area contributed by atoms with Crippen LogP contribution in [0.4, 0.5) is 0 Å². The Morgan fingerprint density at radius 3 is 2.28 bits per heavy atom.